The number of hydrogen-bond acceptors (Lipinski definition) is 6. The highest BCUT2D eigenvalue weighted by Crippen LogP contribution is 2.21. The third kappa shape index (κ3) is 6.09. The van der Waals surface area contributed by atoms with Crippen molar-refractivity contribution in [2.45, 2.75) is 31.2 Å². The quantitative estimate of drug-likeness (QED) is 0.545. The number of hydrogen-bond donors (Lipinski definition) is 0. The van der Waals surface area contributed by atoms with Gasteiger partial charge in [0, 0.05) is 51.4 Å². The van der Waals surface area contributed by atoms with Crippen molar-refractivity contribution in [3.05, 3.63) is 65.7 Å². The fourth-order valence-electron chi connectivity index (χ4n) is 4.64. The number of ether oxygens (including phenoxy) is 1. The van der Waals surface area contributed by atoms with Crippen LogP contribution >= 0.6 is 0 Å². The Kier molecular flexibility index (Phi) is 8.20. The Balaban J connectivity index is 1.26. The maximum atomic E-state index is 12.9. The zero-order valence-corrected chi connectivity index (χ0v) is 21.0. The molecule has 2 aliphatic heterocycles. The first kappa shape index (κ1) is 25.3. The van der Waals surface area contributed by atoms with Crippen molar-refractivity contribution < 1.29 is 22.7 Å². The number of carbonyl (C=O) groups is 2. The van der Waals surface area contributed by atoms with Crippen molar-refractivity contribution in [2.75, 3.05) is 45.9 Å². The van der Waals surface area contributed by atoms with Gasteiger partial charge in [-0.15, -0.1) is 0 Å². The predicted octanol–water partition coefficient (Wildman–Crippen LogP) is 2.61. The Labute approximate surface area is 207 Å². The number of esters is 1. The second-order valence-corrected chi connectivity index (χ2v) is 10.9. The van der Waals surface area contributed by atoms with Crippen LogP contribution < -0.4 is 0 Å². The van der Waals surface area contributed by atoms with Gasteiger partial charge in [0.1, 0.15) is 0 Å². The number of piperidine rings is 1. The number of amides is 1. The van der Waals surface area contributed by atoms with Crippen LogP contribution in [0.1, 0.15) is 35.7 Å². The summed E-state index contributed by atoms with van der Waals surface area (Å²) in [5, 5.41) is 0. The highest BCUT2D eigenvalue weighted by Gasteiger charge is 2.30. The van der Waals surface area contributed by atoms with Crippen LogP contribution in [-0.2, 0) is 26.1 Å². The van der Waals surface area contributed by atoms with Crippen molar-refractivity contribution in [1.29, 1.82) is 0 Å². The molecule has 0 aromatic heterocycles. The molecule has 188 valence electrons. The van der Waals surface area contributed by atoms with Gasteiger partial charge < -0.3 is 9.64 Å². The Bertz CT molecular complexity index is 1110. The molecule has 9 heteroatoms. The van der Waals surface area contributed by atoms with E-state index < -0.39 is 10.0 Å². The molecule has 0 radical (unpaired) electrons. The summed E-state index contributed by atoms with van der Waals surface area (Å²) in [7, 11) is -3.46. The van der Waals surface area contributed by atoms with Crippen LogP contribution in [0.5, 0.6) is 0 Å². The zero-order valence-electron chi connectivity index (χ0n) is 20.1. The molecular formula is C26H33N3O5S. The fraction of sp³-hybridized carbons (Fsp3) is 0.462. The van der Waals surface area contributed by atoms with Gasteiger partial charge in [0.25, 0.3) is 5.91 Å². The van der Waals surface area contributed by atoms with Gasteiger partial charge in [0.15, 0.2) is 0 Å². The number of likely N-dealkylation sites (tertiary alicyclic amines) is 1. The Hall–Kier alpha value is -2.75. The molecule has 2 saturated heterocycles. The molecule has 0 N–H and O–H groups in total. The first-order valence-electron chi connectivity index (χ1n) is 12.2. The molecular weight excluding hydrogens is 466 g/mol. The minimum Gasteiger partial charge on any atom is -0.466 e. The molecule has 4 rings (SSSR count). The molecule has 2 aliphatic rings. The van der Waals surface area contributed by atoms with E-state index in [1.54, 1.807) is 40.4 Å². The maximum Gasteiger partial charge on any atom is 0.309 e. The van der Waals surface area contributed by atoms with E-state index in [9.17, 15) is 18.0 Å². The minimum atomic E-state index is -3.46. The molecule has 0 spiro atoms. The lowest BCUT2D eigenvalue weighted by molar-refractivity contribution is -0.149. The van der Waals surface area contributed by atoms with Gasteiger partial charge in [0.05, 0.1) is 17.4 Å². The van der Waals surface area contributed by atoms with E-state index in [4.69, 9.17) is 4.74 Å². The number of benzene rings is 2. The maximum absolute atomic E-state index is 12.9. The van der Waals surface area contributed by atoms with E-state index in [1.165, 1.54) is 0 Å². The Morgan fingerprint density at radius 1 is 0.886 bits per heavy atom. The summed E-state index contributed by atoms with van der Waals surface area (Å²) in [5.41, 5.74) is 1.73. The lowest BCUT2D eigenvalue weighted by Crippen LogP contribution is -2.48. The van der Waals surface area contributed by atoms with Crippen LogP contribution in [0.25, 0.3) is 0 Å². The SMILES string of the molecule is CCOC(=O)C1CCN(C(=O)c2ccc(CN3CCN(S(=O)(=O)c4ccccc4)CC3)cc2)CC1. The van der Waals surface area contributed by atoms with Crippen LogP contribution in [-0.4, -0.2) is 80.3 Å². The topological polar surface area (TPSA) is 87.2 Å². The van der Waals surface area contributed by atoms with E-state index in [1.807, 2.05) is 30.3 Å². The van der Waals surface area contributed by atoms with Crippen LogP contribution in [0.2, 0.25) is 0 Å². The summed E-state index contributed by atoms with van der Waals surface area (Å²) < 4.78 is 32.3. The largest absolute Gasteiger partial charge is 0.466 e. The molecule has 2 aromatic rings. The van der Waals surface area contributed by atoms with E-state index in [-0.39, 0.29) is 17.8 Å². The molecule has 1 amide bonds. The molecule has 0 bridgehead atoms. The second-order valence-electron chi connectivity index (χ2n) is 9.01. The van der Waals surface area contributed by atoms with Gasteiger partial charge in [-0.2, -0.15) is 4.31 Å². The molecule has 8 nitrogen and oxygen atoms in total. The first-order chi connectivity index (χ1) is 16.9. The summed E-state index contributed by atoms with van der Waals surface area (Å²) in [5.74, 6) is -0.300. The molecule has 0 saturated carbocycles. The van der Waals surface area contributed by atoms with Gasteiger partial charge in [-0.3, -0.25) is 14.5 Å². The molecule has 2 heterocycles. The summed E-state index contributed by atoms with van der Waals surface area (Å²) in [6.07, 6.45) is 1.27. The number of rotatable bonds is 7. The van der Waals surface area contributed by atoms with Gasteiger partial charge in [-0.1, -0.05) is 30.3 Å². The predicted molar refractivity (Wildman–Crippen MR) is 132 cm³/mol. The minimum absolute atomic E-state index is 0.0152. The molecule has 2 aromatic carbocycles. The van der Waals surface area contributed by atoms with Gasteiger partial charge in [0.2, 0.25) is 10.0 Å². The van der Waals surface area contributed by atoms with Crippen LogP contribution in [0.15, 0.2) is 59.5 Å². The van der Waals surface area contributed by atoms with Crippen molar-refractivity contribution in [2.24, 2.45) is 5.92 Å². The fourth-order valence-corrected chi connectivity index (χ4v) is 6.08. The summed E-state index contributed by atoms with van der Waals surface area (Å²) in [6, 6.07) is 16.2. The van der Waals surface area contributed by atoms with Crippen molar-refractivity contribution in [1.82, 2.24) is 14.1 Å². The van der Waals surface area contributed by atoms with Crippen molar-refractivity contribution >= 4 is 21.9 Å². The van der Waals surface area contributed by atoms with E-state index in [0.29, 0.717) is 75.7 Å². The van der Waals surface area contributed by atoms with Gasteiger partial charge in [-0.05, 0) is 49.6 Å². The standard InChI is InChI=1S/C26H33N3O5S/c1-2-34-26(31)23-12-14-28(15-13-23)25(30)22-10-8-21(9-11-22)20-27-16-18-29(19-17-27)35(32,33)24-6-4-3-5-7-24/h3-11,23H,2,12-20H2,1H3. The van der Waals surface area contributed by atoms with E-state index >= 15 is 0 Å². The average molecular weight is 500 g/mol. The van der Waals surface area contributed by atoms with E-state index in [0.717, 1.165) is 5.56 Å². The van der Waals surface area contributed by atoms with Gasteiger partial charge >= 0.3 is 5.97 Å². The molecule has 0 atom stereocenters. The molecule has 0 unspecified atom stereocenters. The third-order valence-corrected chi connectivity index (χ3v) is 8.63. The second kappa shape index (κ2) is 11.3. The Morgan fingerprint density at radius 3 is 2.11 bits per heavy atom. The molecule has 0 aliphatic carbocycles. The monoisotopic (exact) mass is 499 g/mol. The smallest absolute Gasteiger partial charge is 0.309 e. The molecule has 35 heavy (non-hydrogen) atoms. The highest BCUT2D eigenvalue weighted by molar-refractivity contribution is 7.89. The number of piperazine rings is 1. The average Bonchev–Trinajstić information content (AvgIpc) is 2.90. The van der Waals surface area contributed by atoms with Crippen LogP contribution in [0.3, 0.4) is 0 Å². The zero-order chi connectivity index (χ0) is 24.8. The summed E-state index contributed by atoms with van der Waals surface area (Å²) in [4.78, 5) is 29.2. The number of nitrogens with zero attached hydrogens (tertiary/aromatic N) is 3. The lowest BCUT2D eigenvalue weighted by atomic mass is 9.96. The Morgan fingerprint density at radius 2 is 1.51 bits per heavy atom. The van der Waals surface area contributed by atoms with Crippen LogP contribution in [0, 0.1) is 5.92 Å². The third-order valence-electron chi connectivity index (χ3n) is 6.72. The van der Waals surface area contributed by atoms with Crippen molar-refractivity contribution in [3.8, 4) is 0 Å². The first-order valence-corrected chi connectivity index (χ1v) is 13.6. The van der Waals surface area contributed by atoms with Crippen LogP contribution in [0.4, 0.5) is 0 Å². The normalized spacial score (nSPS) is 18.4. The number of sulfonamides is 1. The summed E-state index contributed by atoms with van der Waals surface area (Å²) >= 11 is 0. The summed E-state index contributed by atoms with van der Waals surface area (Å²) in [6.45, 7) is 6.22. The molecule has 2 fully saturated rings. The number of carbonyl (C=O) groups excluding carboxylic acids is 2. The highest BCUT2D eigenvalue weighted by atomic mass is 32.2. The van der Waals surface area contributed by atoms with Gasteiger partial charge in [-0.25, -0.2) is 8.42 Å². The van der Waals surface area contributed by atoms with Crippen molar-refractivity contribution in [3.63, 3.8) is 0 Å². The lowest BCUT2D eigenvalue weighted by Gasteiger charge is -2.34. The van der Waals surface area contributed by atoms with E-state index in [2.05, 4.69) is 4.90 Å².